The first-order chi connectivity index (χ1) is 10.6. The van der Waals surface area contributed by atoms with Crippen molar-refractivity contribution in [2.45, 2.75) is 76.8 Å². The molecule has 3 nitrogen and oxygen atoms in total. The minimum absolute atomic E-state index is 0.0441. The summed E-state index contributed by atoms with van der Waals surface area (Å²) in [6.07, 6.45) is 4.23. The van der Waals surface area contributed by atoms with Crippen LogP contribution in [-0.4, -0.2) is 20.5 Å². The zero-order valence-corrected chi connectivity index (χ0v) is 16.0. The second kappa shape index (κ2) is 6.81. The van der Waals surface area contributed by atoms with Gasteiger partial charge in [0.25, 0.3) is 0 Å². The van der Waals surface area contributed by atoms with Gasteiger partial charge >= 0.3 is 0 Å². The van der Waals surface area contributed by atoms with Crippen molar-refractivity contribution >= 4 is 14.0 Å². The van der Waals surface area contributed by atoms with Crippen LogP contribution in [0.2, 0.25) is 18.1 Å². The molecular weight excluding hydrogens is 309 g/mol. The largest absolute Gasteiger partial charge is 0.488 e. The molecule has 130 valence electrons. The number of anilines is 1. The molecule has 0 aromatic heterocycles. The Morgan fingerprint density at radius 2 is 1.83 bits per heavy atom. The summed E-state index contributed by atoms with van der Waals surface area (Å²) in [6.45, 7) is 11.3. The number of ether oxygens (including phenoxy) is 1. The maximum atomic E-state index is 13.4. The fraction of sp³-hybridized carbons (Fsp3) is 0.667. The third kappa shape index (κ3) is 4.70. The van der Waals surface area contributed by atoms with E-state index in [9.17, 15) is 4.39 Å². The molecule has 1 saturated carbocycles. The highest BCUT2D eigenvalue weighted by molar-refractivity contribution is 6.74. The molecule has 2 N–H and O–H groups in total. The van der Waals surface area contributed by atoms with Crippen LogP contribution in [0.1, 0.15) is 46.5 Å². The van der Waals surface area contributed by atoms with Gasteiger partial charge in [0.2, 0.25) is 0 Å². The number of nitrogen functional groups attached to an aromatic ring is 1. The Kier molecular flexibility index (Phi) is 5.41. The van der Waals surface area contributed by atoms with Gasteiger partial charge in [0.05, 0.1) is 5.69 Å². The molecule has 0 heterocycles. The maximum absolute atomic E-state index is 13.4. The van der Waals surface area contributed by atoms with Crippen molar-refractivity contribution in [1.82, 2.24) is 0 Å². The van der Waals surface area contributed by atoms with Crippen LogP contribution < -0.4 is 10.5 Å². The summed E-state index contributed by atoms with van der Waals surface area (Å²) in [6, 6.07) is 4.27. The van der Waals surface area contributed by atoms with Crippen LogP contribution in [-0.2, 0) is 4.43 Å². The van der Waals surface area contributed by atoms with Crippen molar-refractivity contribution in [1.29, 1.82) is 0 Å². The molecule has 0 radical (unpaired) electrons. The van der Waals surface area contributed by atoms with Gasteiger partial charge in [-0.05, 0) is 49.5 Å². The second-order valence-corrected chi connectivity index (χ2v) is 12.8. The first kappa shape index (κ1) is 18.3. The molecule has 0 bridgehead atoms. The highest BCUT2D eigenvalue weighted by Crippen LogP contribution is 2.39. The normalized spacial score (nSPS) is 22.9. The lowest BCUT2D eigenvalue weighted by Crippen LogP contribution is -2.45. The van der Waals surface area contributed by atoms with E-state index in [1.807, 2.05) is 0 Å². The first-order valence-electron chi connectivity index (χ1n) is 8.48. The number of nitrogens with two attached hydrogens (primary N) is 1. The van der Waals surface area contributed by atoms with Gasteiger partial charge in [-0.1, -0.05) is 20.8 Å². The minimum atomic E-state index is -1.77. The van der Waals surface area contributed by atoms with Crippen molar-refractivity contribution in [3.05, 3.63) is 24.0 Å². The van der Waals surface area contributed by atoms with Crippen molar-refractivity contribution in [2.24, 2.45) is 0 Å². The van der Waals surface area contributed by atoms with E-state index in [-0.39, 0.29) is 23.1 Å². The Labute approximate surface area is 140 Å². The number of hydrogen-bond acceptors (Lipinski definition) is 3. The van der Waals surface area contributed by atoms with Crippen LogP contribution in [0.15, 0.2) is 18.2 Å². The molecule has 5 heteroatoms. The Morgan fingerprint density at radius 3 is 2.48 bits per heavy atom. The lowest BCUT2D eigenvalue weighted by atomic mass is 9.95. The lowest BCUT2D eigenvalue weighted by Gasteiger charge is -2.41. The van der Waals surface area contributed by atoms with Crippen molar-refractivity contribution in [3.63, 3.8) is 0 Å². The highest BCUT2D eigenvalue weighted by atomic mass is 28.4. The van der Waals surface area contributed by atoms with E-state index in [0.717, 1.165) is 25.7 Å². The second-order valence-electron chi connectivity index (χ2n) is 8.09. The van der Waals surface area contributed by atoms with E-state index in [1.54, 1.807) is 6.07 Å². The molecule has 0 saturated heterocycles. The lowest BCUT2D eigenvalue weighted by molar-refractivity contribution is 0.0602. The van der Waals surface area contributed by atoms with Crippen molar-refractivity contribution in [3.8, 4) is 5.75 Å². The monoisotopic (exact) mass is 339 g/mol. The van der Waals surface area contributed by atoms with Crippen LogP contribution in [0, 0.1) is 5.82 Å². The van der Waals surface area contributed by atoms with Crippen molar-refractivity contribution < 1.29 is 13.6 Å². The predicted octanol–water partition coefficient (Wildman–Crippen LogP) is 5.12. The van der Waals surface area contributed by atoms with Gasteiger partial charge in [0.15, 0.2) is 8.32 Å². The summed E-state index contributed by atoms with van der Waals surface area (Å²) in [5, 5.41) is 0.202. The van der Waals surface area contributed by atoms with Crippen LogP contribution >= 0.6 is 0 Å². The minimum Gasteiger partial charge on any atom is -0.488 e. The standard InChI is InChI=1S/C18H30FNO2Si/c1-18(2,3)23(4,5)22-15-8-6-7-14(12-15)21-17-11-13(19)9-10-16(17)20/h9-11,14-15H,6-8,12,20H2,1-5H3/t14-,15-/m0/s1. The van der Waals surface area contributed by atoms with Crippen LogP contribution in [0.5, 0.6) is 5.75 Å². The van der Waals surface area contributed by atoms with Gasteiger partial charge < -0.3 is 14.9 Å². The summed E-state index contributed by atoms with van der Waals surface area (Å²) in [4.78, 5) is 0. The van der Waals surface area contributed by atoms with Gasteiger partial charge in [0.1, 0.15) is 17.7 Å². The third-order valence-electron chi connectivity index (χ3n) is 5.11. The first-order valence-corrected chi connectivity index (χ1v) is 11.4. The van der Waals surface area contributed by atoms with E-state index in [1.165, 1.54) is 12.1 Å². The quantitative estimate of drug-likeness (QED) is 0.611. The number of benzene rings is 1. The molecule has 2 rings (SSSR count). The molecular formula is C18H30FNO2Si. The number of halogens is 1. The number of hydrogen-bond donors (Lipinski definition) is 1. The summed E-state index contributed by atoms with van der Waals surface area (Å²) >= 11 is 0. The van der Waals surface area contributed by atoms with Gasteiger partial charge in [-0.3, -0.25) is 0 Å². The molecule has 2 atom stereocenters. The average Bonchev–Trinajstić information content (AvgIpc) is 2.41. The molecule has 23 heavy (non-hydrogen) atoms. The van der Waals surface area contributed by atoms with Gasteiger partial charge in [-0.2, -0.15) is 0 Å². The Balaban J connectivity index is 2.00. The summed E-state index contributed by atoms with van der Waals surface area (Å²) in [5.41, 5.74) is 6.37. The zero-order valence-electron chi connectivity index (χ0n) is 15.0. The van der Waals surface area contributed by atoms with Crippen LogP contribution in [0.3, 0.4) is 0 Å². The summed E-state index contributed by atoms with van der Waals surface area (Å²) < 4.78 is 25.9. The van der Waals surface area contributed by atoms with E-state index in [2.05, 4.69) is 33.9 Å². The summed E-state index contributed by atoms with van der Waals surface area (Å²) in [7, 11) is -1.77. The van der Waals surface area contributed by atoms with E-state index >= 15 is 0 Å². The average molecular weight is 340 g/mol. The molecule has 0 unspecified atom stereocenters. The fourth-order valence-corrected chi connectivity index (χ4v) is 4.10. The Bertz CT molecular complexity index is 542. The van der Waals surface area contributed by atoms with Crippen molar-refractivity contribution in [2.75, 3.05) is 5.73 Å². The van der Waals surface area contributed by atoms with Gasteiger partial charge in [-0.15, -0.1) is 0 Å². The van der Waals surface area contributed by atoms with Crippen LogP contribution in [0.25, 0.3) is 0 Å². The van der Waals surface area contributed by atoms with E-state index in [4.69, 9.17) is 14.9 Å². The molecule has 0 amide bonds. The SMILES string of the molecule is CC(C)(C)[Si](C)(C)O[C@H]1CCC[C@H](Oc2cc(F)ccc2N)C1. The third-order valence-corrected chi connectivity index (χ3v) is 9.65. The molecule has 0 aliphatic heterocycles. The topological polar surface area (TPSA) is 44.5 Å². The highest BCUT2D eigenvalue weighted by Gasteiger charge is 2.40. The van der Waals surface area contributed by atoms with Gasteiger partial charge in [0, 0.05) is 18.6 Å². The molecule has 1 fully saturated rings. The van der Waals surface area contributed by atoms with E-state index in [0.29, 0.717) is 11.4 Å². The number of rotatable bonds is 4. The molecule has 1 aromatic carbocycles. The fourth-order valence-electron chi connectivity index (χ4n) is 2.70. The molecule has 1 aliphatic rings. The predicted molar refractivity (Wildman–Crippen MR) is 95.8 cm³/mol. The molecule has 1 aromatic rings. The molecule has 0 spiro atoms. The molecule has 1 aliphatic carbocycles. The van der Waals surface area contributed by atoms with Crippen LogP contribution in [0.4, 0.5) is 10.1 Å². The maximum Gasteiger partial charge on any atom is 0.192 e. The smallest absolute Gasteiger partial charge is 0.192 e. The zero-order chi connectivity index (χ0) is 17.3. The van der Waals surface area contributed by atoms with Gasteiger partial charge in [-0.25, -0.2) is 4.39 Å². The Hall–Kier alpha value is -1.07. The summed E-state index contributed by atoms with van der Waals surface area (Å²) in [5.74, 6) is 0.127. The van der Waals surface area contributed by atoms with E-state index < -0.39 is 8.32 Å². The Morgan fingerprint density at radius 1 is 1.17 bits per heavy atom.